The number of aliphatic hydroxyl groups is 1. The number of aliphatic hydroxyl groups excluding tert-OH is 1. The van der Waals surface area contributed by atoms with E-state index in [9.17, 15) is 43.2 Å². The molecule has 0 aliphatic rings. The maximum atomic E-state index is 13.0. The van der Waals surface area contributed by atoms with Gasteiger partial charge in [0.05, 0.1) is 26.4 Å². The van der Waals surface area contributed by atoms with E-state index in [0.717, 1.165) is 115 Å². The predicted molar refractivity (Wildman–Crippen MR) is 340 cm³/mol. The third-order valence-corrected chi connectivity index (χ3v) is 17.5. The highest BCUT2D eigenvalue weighted by Gasteiger charge is 2.30. The molecule has 0 rings (SSSR count). The normalized spacial score (nSPS) is 14.6. The van der Waals surface area contributed by atoms with Gasteiger partial charge in [0.25, 0.3) is 0 Å². The first-order valence-electron chi connectivity index (χ1n) is 34.5. The molecule has 0 aromatic heterocycles. The molecule has 0 aromatic carbocycles. The minimum Gasteiger partial charge on any atom is -0.462 e. The summed E-state index contributed by atoms with van der Waals surface area (Å²) in [7, 11) is -9.89. The van der Waals surface area contributed by atoms with Gasteiger partial charge in [0, 0.05) is 25.7 Å². The summed E-state index contributed by atoms with van der Waals surface area (Å²) in [5, 5.41) is 10.5. The highest BCUT2D eigenvalue weighted by molar-refractivity contribution is 7.47. The zero-order valence-electron chi connectivity index (χ0n) is 54.9. The molecule has 3 unspecified atom stereocenters. The lowest BCUT2D eigenvalue weighted by Crippen LogP contribution is -2.30. The van der Waals surface area contributed by atoms with E-state index in [2.05, 4.69) is 41.5 Å². The Morgan fingerprint density at radius 1 is 0.341 bits per heavy atom. The Balaban J connectivity index is 5.19. The van der Waals surface area contributed by atoms with Crippen molar-refractivity contribution in [3.8, 4) is 0 Å². The summed E-state index contributed by atoms with van der Waals surface area (Å²) >= 11 is 0. The van der Waals surface area contributed by atoms with Gasteiger partial charge in [0.2, 0.25) is 0 Å². The van der Waals surface area contributed by atoms with E-state index in [0.29, 0.717) is 25.7 Å². The van der Waals surface area contributed by atoms with E-state index in [4.69, 9.17) is 37.0 Å². The van der Waals surface area contributed by atoms with Crippen LogP contribution >= 0.6 is 15.6 Å². The first-order valence-corrected chi connectivity index (χ1v) is 37.5. The molecular weight excluding hydrogens is 1130 g/mol. The lowest BCUT2D eigenvalue weighted by molar-refractivity contribution is -0.161. The topological polar surface area (TPSA) is 237 Å². The van der Waals surface area contributed by atoms with Gasteiger partial charge in [-0.15, -0.1) is 0 Å². The van der Waals surface area contributed by atoms with Crippen molar-refractivity contribution in [2.75, 3.05) is 39.6 Å². The van der Waals surface area contributed by atoms with E-state index >= 15 is 0 Å². The third kappa shape index (κ3) is 59.5. The fourth-order valence-electron chi connectivity index (χ4n) is 9.85. The minimum absolute atomic E-state index is 0.103. The highest BCUT2D eigenvalue weighted by Crippen LogP contribution is 2.45. The smallest absolute Gasteiger partial charge is 0.462 e. The first kappa shape index (κ1) is 83.1. The van der Waals surface area contributed by atoms with Gasteiger partial charge in [-0.3, -0.25) is 37.3 Å². The number of phosphoric acid groups is 2. The highest BCUT2D eigenvalue weighted by atomic mass is 31.2. The van der Waals surface area contributed by atoms with Crippen molar-refractivity contribution in [3.05, 3.63) is 0 Å². The monoisotopic (exact) mass is 1250 g/mol. The van der Waals surface area contributed by atoms with Gasteiger partial charge >= 0.3 is 39.5 Å². The Labute approximate surface area is 517 Å². The van der Waals surface area contributed by atoms with Gasteiger partial charge in [0.1, 0.15) is 19.3 Å². The van der Waals surface area contributed by atoms with E-state index in [-0.39, 0.29) is 25.7 Å². The molecule has 0 saturated heterocycles. The van der Waals surface area contributed by atoms with Crippen molar-refractivity contribution in [2.45, 2.75) is 349 Å². The van der Waals surface area contributed by atoms with Crippen molar-refractivity contribution in [3.63, 3.8) is 0 Å². The van der Waals surface area contributed by atoms with Crippen LogP contribution in [-0.2, 0) is 65.4 Å². The summed E-state index contributed by atoms with van der Waals surface area (Å²) in [6.07, 6.45) is 41.8. The van der Waals surface area contributed by atoms with E-state index in [1.807, 2.05) is 0 Å². The SMILES string of the molecule is CCCCCCCCCCCCCC(=O)OC[C@H](COP(=O)(O)OC[C@@H](O)COP(=O)(O)OC[C@@H](COC(=O)CCCCCCCCC)OC(=O)CCCCCCCCC(C)CC)OC(=O)CCCCCCCCCCCCCCCCC(C)C. The summed E-state index contributed by atoms with van der Waals surface area (Å²) in [6.45, 7) is 9.44. The number of ether oxygens (including phenoxy) is 4. The molecule has 17 nitrogen and oxygen atoms in total. The Kier molecular flexibility index (Phi) is 57.1. The standard InChI is InChI=1S/C66H128O17P2/c1-7-10-12-14-16-17-22-26-30-37-43-49-64(69)77-55-61(82-65(70)50-44-38-31-27-24-21-19-18-20-23-25-29-34-40-46-58(4)5)56-80-84(72,73)78-52-60(67)53-79-85(74,75)81-57-62(54-76-63(68)48-42-36-28-15-13-11-8-2)83-66(71)51-45-39-33-32-35-41-47-59(6)9-3/h58-62,67H,7-57H2,1-6H3,(H,72,73)(H,74,75)/t59?,60-,61-,62-/m1/s1. The van der Waals surface area contributed by atoms with Crippen molar-refractivity contribution < 1.29 is 80.2 Å². The van der Waals surface area contributed by atoms with Crippen molar-refractivity contribution >= 4 is 39.5 Å². The summed E-state index contributed by atoms with van der Waals surface area (Å²) in [5.74, 6) is -0.621. The third-order valence-electron chi connectivity index (χ3n) is 15.6. The number of carbonyl (C=O) groups excluding carboxylic acids is 4. The number of hydrogen-bond donors (Lipinski definition) is 3. The van der Waals surface area contributed by atoms with Crippen LogP contribution < -0.4 is 0 Å². The molecular formula is C66H128O17P2. The average Bonchev–Trinajstić information content (AvgIpc) is 3.53. The average molecular weight is 1260 g/mol. The number of esters is 4. The molecule has 0 amide bonds. The minimum atomic E-state index is -4.95. The lowest BCUT2D eigenvalue weighted by atomic mass is 10.00. The number of hydrogen-bond acceptors (Lipinski definition) is 15. The molecule has 504 valence electrons. The van der Waals surface area contributed by atoms with Gasteiger partial charge in [0.15, 0.2) is 12.2 Å². The van der Waals surface area contributed by atoms with Crippen LogP contribution in [0.3, 0.4) is 0 Å². The van der Waals surface area contributed by atoms with Crippen LogP contribution in [0.15, 0.2) is 0 Å². The summed E-state index contributed by atoms with van der Waals surface area (Å²) in [6, 6.07) is 0. The maximum absolute atomic E-state index is 13.0. The van der Waals surface area contributed by atoms with Crippen LogP contribution in [0, 0.1) is 11.8 Å². The van der Waals surface area contributed by atoms with Crippen LogP contribution in [0.2, 0.25) is 0 Å². The molecule has 19 heteroatoms. The molecule has 0 aliphatic carbocycles. The Bertz CT molecular complexity index is 1670. The molecule has 6 atom stereocenters. The number of unbranched alkanes of at least 4 members (excludes halogenated alkanes) is 34. The van der Waals surface area contributed by atoms with Crippen LogP contribution in [0.5, 0.6) is 0 Å². The van der Waals surface area contributed by atoms with E-state index in [1.54, 1.807) is 0 Å². The second-order valence-electron chi connectivity index (χ2n) is 24.6. The molecule has 0 saturated carbocycles. The summed E-state index contributed by atoms with van der Waals surface area (Å²) in [4.78, 5) is 72.2. The fraction of sp³-hybridized carbons (Fsp3) is 0.939. The quantitative estimate of drug-likeness (QED) is 0.0222. The Hall–Kier alpha value is -1.94. The van der Waals surface area contributed by atoms with Gasteiger partial charge in [-0.05, 0) is 37.5 Å². The molecule has 3 N–H and O–H groups in total. The number of carbonyl (C=O) groups is 4. The van der Waals surface area contributed by atoms with Crippen LogP contribution in [0.1, 0.15) is 330 Å². The zero-order valence-corrected chi connectivity index (χ0v) is 56.7. The molecule has 0 aromatic rings. The molecule has 0 heterocycles. The number of rotatable bonds is 65. The lowest BCUT2D eigenvalue weighted by Gasteiger charge is -2.21. The van der Waals surface area contributed by atoms with Gasteiger partial charge < -0.3 is 33.8 Å². The van der Waals surface area contributed by atoms with Crippen LogP contribution in [-0.4, -0.2) is 96.7 Å². The summed E-state index contributed by atoms with van der Waals surface area (Å²) < 4.78 is 68.0. The molecule has 85 heavy (non-hydrogen) atoms. The first-order chi connectivity index (χ1) is 40.9. The molecule has 0 radical (unpaired) electrons. The summed E-state index contributed by atoms with van der Waals surface area (Å²) in [5.41, 5.74) is 0. The predicted octanol–water partition coefficient (Wildman–Crippen LogP) is 18.4. The van der Waals surface area contributed by atoms with E-state index in [1.165, 1.54) is 135 Å². The van der Waals surface area contributed by atoms with Gasteiger partial charge in [-0.2, -0.15) is 0 Å². The van der Waals surface area contributed by atoms with Crippen molar-refractivity contribution in [2.24, 2.45) is 11.8 Å². The largest absolute Gasteiger partial charge is 0.472 e. The van der Waals surface area contributed by atoms with Gasteiger partial charge in [-0.25, -0.2) is 9.13 Å². The van der Waals surface area contributed by atoms with Crippen molar-refractivity contribution in [1.29, 1.82) is 0 Å². The second-order valence-corrected chi connectivity index (χ2v) is 27.5. The number of phosphoric ester groups is 2. The molecule has 0 spiro atoms. The van der Waals surface area contributed by atoms with Crippen LogP contribution in [0.4, 0.5) is 0 Å². The van der Waals surface area contributed by atoms with Gasteiger partial charge in [-0.1, -0.05) is 279 Å². The maximum Gasteiger partial charge on any atom is 0.472 e. The Morgan fingerprint density at radius 2 is 0.600 bits per heavy atom. The van der Waals surface area contributed by atoms with Crippen LogP contribution in [0.25, 0.3) is 0 Å². The van der Waals surface area contributed by atoms with E-state index < -0.39 is 97.5 Å². The molecule has 0 aliphatic heterocycles. The van der Waals surface area contributed by atoms with Crippen molar-refractivity contribution in [1.82, 2.24) is 0 Å². The molecule has 0 fully saturated rings. The zero-order chi connectivity index (χ0) is 62.9. The second kappa shape index (κ2) is 58.4. The Morgan fingerprint density at radius 3 is 0.894 bits per heavy atom. The fourth-order valence-corrected chi connectivity index (χ4v) is 11.4. The molecule has 0 bridgehead atoms.